The first-order chi connectivity index (χ1) is 10.1. The SMILES string of the molecule is CCOC(=O)COc1ccccc1C=C1OC(=O)NC1=O. The Bertz CT molecular complexity index is 607. The fraction of sp³-hybridized carbons (Fsp3) is 0.214. The molecule has 7 nitrogen and oxygen atoms in total. The van der Waals surface area contributed by atoms with Gasteiger partial charge in [0.15, 0.2) is 12.4 Å². The highest BCUT2D eigenvalue weighted by Gasteiger charge is 2.26. The number of benzene rings is 1. The van der Waals surface area contributed by atoms with Crippen LogP contribution in [0.5, 0.6) is 5.75 Å². The predicted octanol–water partition coefficient (Wildman–Crippen LogP) is 1.24. The Hall–Kier alpha value is -2.83. The van der Waals surface area contributed by atoms with Crippen molar-refractivity contribution in [2.24, 2.45) is 0 Å². The van der Waals surface area contributed by atoms with Crippen molar-refractivity contribution < 1.29 is 28.6 Å². The number of alkyl carbamates (subject to hydrolysis) is 1. The highest BCUT2D eigenvalue weighted by atomic mass is 16.6. The number of ether oxygens (including phenoxy) is 3. The average molecular weight is 291 g/mol. The summed E-state index contributed by atoms with van der Waals surface area (Å²) >= 11 is 0. The van der Waals surface area contributed by atoms with Gasteiger partial charge in [-0.3, -0.25) is 10.1 Å². The molecule has 1 aliphatic heterocycles. The van der Waals surface area contributed by atoms with E-state index in [-0.39, 0.29) is 19.0 Å². The number of carbonyl (C=O) groups is 3. The third kappa shape index (κ3) is 3.82. The van der Waals surface area contributed by atoms with Crippen LogP contribution in [-0.4, -0.2) is 31.2 Å². The summed E-state index contributed by atoms with van der Waals surface area (Å²) in [6.45, 7) is 1.72. The van der Waals surface area contributed by atoms with Gasteiger partial charge in [-0.2, -0.15) is 0 Å². The molecule has 1 aliphatic rings. The van der Waals surface area contributed by atoms with E-state index in [0.717, 1.165) is 0 Å². The molecule has 0 aromatic heterocycles. The van der Waals surface area contributed by atoms with Crippen molar-refractivity contribution in [3.63, 3.8) is 0 Å². The molecule has 2 rings (SSSR count). The van der Waals surface area contributed by atoms with Gasteiger partial charge in [0.2, 0.25) is 0 Å². The molecule has 0 bridgehead atoms. The van der Waals surface area contributed by atoms with Crippen LogP contribution in [-0.2, 0) is 19.1 Å². The fourth-order valence-electron chi connectivity index (χ4n) is 1.63. The standard InChI is InChI=1S/C14H13NO6/c1-2-19-12(16)8-20-10-6-4-3-5-9(10)7-11-13(17)15-14(18)21-11/h3-7H,2,8H2,1H3,(H,15,17,18). The van der Waals surface area contributed by atoms with E-state index in [1.807, 2.05) is 5.32 Å². The average Bonchev–Trinajstić information content (AvgIpc) is 2.76. The Morgan fingerprint density at radius 2 is 2.10 bits per heavy atom. The summed E-state index contributed by atoms with van der Waals surface area (Å²) in [5, 5.41) is 1.99. The first-order valence-corrected chi connectivity index (χ1v) is 6.22. The van der Waals surface area contributed by atoms with E-state index >= 15 is 0 Å². The first-order valence-electron chi connectivity index (χ1n) is 6.22. The Morgan fingerprint density at radius 1 is 1.33 bits per heavy atom. The molecule has 1 heterocycles. The maximum atomic E-state index is 11.4. The molecule has 1 N–H and O–H groups in total. The van der Waals surface area contributed by atoms with Gasteiger partial charge in [-0.1, -0.05) is 18.2 Å². The minimum atomic E-state index is -0.823. The zero-order valence-corrected chi connectivity index (χ0v) is 11.3. The van der Waals surface area contributed by atoms with E-state index in [4.69, 9.17) is 14.2 Å². The van der Waals surface area contributed by atoms with Gasteiger partial charge in [0.1, 0.15) is 5.75 Å². The van der Waals surface area contributed by atoms with Gasteiger partial charge in [0.05, 0.1) is 6.61 Å². The minimum Gasteiger partial charge on any atom is -0.481 e. The maximum absolute atomic E-state index is 11.4. The van der Waals surface area contributed by atoms with Gasteiger partial charge >= 0.3 is 12.1 Å². The third-order valence-electron chi connectivity index (χ3n) is 2.50. The fourth-order valence-corrected chi connectivity index (χ4v) is 1.63. The molecule has 7 heteroatoms. The Labute approximate surface area is 120 Å². The van der Waals surface area contributed by atoms with Crippen LogP contribution < -0.4 is 10.1 Å². The molecule has 1 aromatic carbocycles. The highest BCUT2D eigenvalue weighted by Crippen LogP contribution is 2.22. The lowest BCUT2D eigenvalue weighted by Crippen LogP contribution is -2.18. The summed E-state index contributed by atoms with van der Waals surface area (Å²) in [5.74, 6) is -0.883. The number of carbonyl (C=O) groups excluding carboxylic acids is 3. The number of hydrogen-bond donors (Lipinski definition) is 1. The van der Waals surface area contributed by atoms with E-state index < -0.39 is 18.0 Å². The third-order valence-corrected chi connectivity index (χ3v) is 2.50. The quantitative estimate of drug-likeness (QED) is 0.648. The summed E-state index contributed by atoms with van der Waals surface area (Å²) in [4.78, 5) is 33.6. The van der Waals surface area contributed by atoms with Crippen molar-refractivity contribution in [3.8, 4) is 5.75 Å². The molecule has 21 heavy (non-hydrogen) atoms. The van der Waals surface area contributed by atoms with Gasteiger partial charge in [0, 0.05) is 5.56 Å². The van der Waals surface area contributed by atoms with E-state index in [0.29, 0.717) is 11.3 Å². The van der Waals surface area contributed by atoms with Crippen molar-refractivity contribution in [3.05, 3.63) is 35.6 Å². The molecule has 0 saturated carbocycles. The first kappa shape index (κ1) is 14.6. The maximum Gasteiger partial charge on any atom is 0.419 e. The molecule has 0 radical (unpaired) electrons. The Kier molecular flexibility index (Phi) is 4.55. The summed E-state index contributed by atoms with van der Waals surface area (Å²) in [7, 11) is 0. The summed E-state index contributed by atoms with van der Waals surface area (Å²) < 4.78 is 14.8. The number of imide groups is 1. The zero-order chi connectivity index (χ0) is 15.2. The molecule has 2 amide bonds. The molecule has 1 aromatic rings. The summed E-state index contributed by atoms with van der Waals surface area (Å²) in [5.41, 5.74) is 0.502. The molecule has 0 atom stereocenters. The number of amides is 2. The van der Waals surface area contributed by atoms with Crippen LogP contribution in [0.4, 0.5) is 4.79 Å². The molecule has 0 aliphatic carbocycles. The number of para-hydroxylation sites is 1. The van der Waals surface area contributed by atoms with Gasteiger partial charge in [-0.05, 0) is 19.1 Å². The predicted molar refractivity (Wildman–Crippen MR) is 71.2 cm³/mol. The molecule has 110 valence electrons. The van der Waals surface area contributed by atoms with Crippen LogP contribution in [0.25, 0.3) is 6.08 Å². The number of cyclic esters (lactones) is 1. The van der Waals surface area contributed by atoms with Gasteiger partial charge in [0.25, 0.3) is 5.91 Å². The zero-order valence-electron chi connectivity index (χ0n) is 11.3. The summed E-state index contributed by atoms with van der Waals surface area (Å²) in [6, 6.07) is 6.72. The van der Waals surface area contributed by atoms with Crippen molar-refractivity contribution in [1.82, 2.24) is 5.32 Å². The second kappa shape index (κ2) is 6.56. The number of nitrogens with one attached hydrogen (secondary N) is 1. The van der Waals surface area contributed by atoms with E-state index in [1.54, 1.807) is 31.2 Å². The van der Waals surface area contributed by atoms with E-state index in [2.05, 4.69) is 0 Å². The topological polar surface area (TPSA) is 90.9 Å². The Morgan fingerprint density at radius 3 is 2.76 bits per heavy atom. The molecular formula is C14H13NO6. The van der Waals surface area contributed by atoms with Crippen molar-refractivity contribution in [2.45, 2.75) is 6.92 Å². The van der Waals surface area contributed by atoms with Crippen molar-refractivity contribution in [2.75, 3.05) is 13.2 Å². The van der Waals surface area contributed by atoms with Crippen LogP contribution in [0.3, 0.4) is 0 Å². The van der Waals surface area contributed by atoms with Gasteiger partial charge in [-0.15, -0.1) is 0 Å². The van der Waals surface area contributed by atoms with Crippen molar-refractivity contribution in [1.29, 1.82) is 0 Å². The van der Waals surface area contributed by atoms with Gasteiger partial charge < -0.3 is 14.2 Å². The molecule has 0 unspecified atom stereocenters. The molecule has 0 spiro atoms. The van der Waals surface area contributed by atoms with Crippen LogP contribution in [0, 0.1) is 0 Å². The number of rotatable bonds is 5. The second-order valence-electron chi connectivity index (χ2n) is 3.98. The summed E-state index contributed by atoms with van der Waals surface area (Å²) in [6.07, 6.45) is 0.539. The lowest BCUT2D eigenvalue weighted by atomic mass is 10.2. The number of esters is 1. The largest absolute Gasteiger partial charge is 0.481 e. The minimum absolute atomic E-state index is 0.132. The van der Waals surface area contributed by atoms with Crippen molar-refractivity contribution >= 4 is 24.0 Å². The lowest BCUT2D eigenvalue weighted by Gasteiger charge is -2.08. The highest BCUT2D eigenvalue weighted by molar-refractivity contribution is 6.10. The van der Waals surface area contributed by atoms with Crippen LogP contribution in [0.15, 0.2) is 30.0 Å². The number of hydrogen-bond acceptors (Lipinski definition) is 6. The van der Waals surface area contributed by atoms with Gasteiger partial charge in [-0.25, -0.2) is 9.59 Å². The van der Waals surface area contributed by atoms with E-state index in [1.165, 1.54) is 6.08 Å². The van der Waals surface area contributed by atoms with Crippen LogP contribution >= 0.6 is 0 Å². The molecule has 1 saturated heterocycles. The second-order valence-corrected chi connectivity index (χ2v) is 3.98. The monoisotopic (exact) mass is 291 g/mol. The molecular weight excluding hydrogens is 278 g/mol. The van der Waals surface area contributed by atoms with Crippen LogP contribution in [0.2, 0.25) is 0 Å². The normalized spacial score (nSPS) is 15.6. The van der Waals surface area contributed by atoms with Crippen LogP contribution in [0.1, 0.15) is 12.5 Å². The smallest absolute Gasteiger partial charge is 0.419 e. The van der Waals surface area contributed by atoms with E-state index in [9.17, 15) is 14.4 Å². The lowest BCUT2D eigenvalue weighted by molar-refractivity contribution is -0.145. The molecule has 1 fully saturated rings. The Balaban J connectivity index is 2.14.